The summed E-state index contributed by atoms with van der Waals surface area (Å²) in [5.74, 6) is -0.140. The Labute approximate surface area is 99.8 Å². The molecule has 2 rings (SSSR count). The number of benzene rings is 1. The van der Waals surface area contributed by atoms with Crippen molar-refractivity contribution in [2.75, 3.05) is 25.1 Å². The molecular formula is C12H16N2O3. The molecule has 3 N–H and O–H groups in total. The fraction of sp³-hybridized carbons (Fsp3) is 0.417. The van der Waals surface area contributed by atoms with Gasteiger partial charge in [-0.25, -0.2) is 0 Å². The average molecular weight is 236 g/mol. The van der Waals surface area contributed by atoms with Crippen molar-refractivity contribution >= 4 is 11.7 Å². The quantitative estimate of drug-likeness (QED) is 0.798. The minimum absolute atomic E-state index is 0.330. The number of carbonyl (C=O) groups is 1. The van der Waals surface area contributed by atoms with E-state index in [1.807, 2.05) is 25.2 Å². The first-order valence-corrected chi connectivity index (χ1v) is 5.53. The molecule has 1 atom stereocenters. The third-order valence-corrected chi connectivity index (χ3v) is 2.89. The Morgan fingerprint density at radius 2 is 2.41 bits per heavy atom. The molecule has 0 fully saturated rings. The van der Waals surface area contributed by atoms with E-state index in [9.17, 15) is 4.79 Å². The van der Waals surface area contributed by atoms with Crippen molar-refractivity contribution in [1.82, 2.24) is 0 Å². The Morgan fingerprint density at radius 1 is 1.65 bits per heavy atom. The summed E-state index contributed by atoms with van der Waals surface area (Å²) in [6, 6.07) is 4.82. The third kappa shape index (κ3) is 2.50. The van der Waals surface area contributed by atoms with Crippen LogP contribution in [0, 0.1) is 0 Å². The zero-order chi connectivity index (χ0) is 12.4. The van der Waals surface area contributed by atoms with Gasteiger partial charge in [0.2, 0.25) is 0 Å². The maximum absolute atomic E-state index is 10.7. The zero-order valence-corrected chi connectivity index (χ0v) is 9.72. The van der Waals surface area contributed by atoms with Crippen molar-refractivity contribution in [3.8, 4) is 5.75 Å². The van der Waals surface area contributed by atoms with Crippen LogP contribution < -0.4 is 15.4 Å². The highest BCUT2D eigenvalue weighted by atomic mass is 16.5. The van der Waals surface area contributed by atoms with Crippen molar-refractivity contribution in [2.24, 2.45) is 5.73 Å². The van der Waals surface area contributed by atoms with Crippen LogP contribution in [0.2, 0.25) is 0 Å². The molecule has 17 heavy (non-hydrogen) atoms. The van der Waals surface area contributed by atoms with Gasteiger partial charge in [-0.05, 0) is 24.1 Å². The van der Waals surface area contributed by atoms with Crippen molar-refractivity contribution < 1.29 is 14.6 Å². The summed E-state index contributed by atoms with van der Waals surface area (Å²) < 4.78 is 5.51. The van der Waals surface area contributed by atoms with Gasteiger partial charge < -0.3 is 20.5 Å². The first-order chi connectivity index (χ1) is 8.08. The number of hydrogen-bond donors (Lipinski definition) is 2. The Bertz CT molecular complexity index is 434. The van der Waals surface area contributed by atoms with Crippen LogP contribution in [0.3, 0.4) is 0 Å². The summed E-state index contributed by atoms with van der Waals surface area (Å²) in [6.07, 6.45) is 0.330. The average Bonchev–Trinajstić information content (AvgIpc) is 2.30. The number of carboxylic acid groups (broad SMARTS) is 1. The molecule has 5 nitrogen and oxygen atoms in total. The SMILES string of the molecule is CN1CCOc2ccc(CC(N)C(=O)O)cc21. The number of fused-ring (bicyclic) bond motifs is 1. The summed E-state index contributed by atoms with van der Waals surface area (Å²) in [6.45, 7) is 1.51. The second-order valence-corrected chi connectivity index (χ2v) is 4.22. The lowest BCUT2D eigenvalue weighted by Crippen LogP contribution is -2.32. The number of carboxylic acids is 1. The largest absolute Gasteiger partial charge is 0.490 e. The second-order valence-electron chi connectivity index (χ2n) is 4.22. The van der Waals surface area contributed by atoms with E-state index in [0.29, 0.717) is 13.0 Å². The summed E-state index contributed by atoms with van der Waals surface area (Å²) >= 11 is 0. The number of anilines is 1. The highest BCUT2D eigenvalue weighted by Gasteiger charge is 2.17. The second kappa shape index (κ2) is 4.63. The summed E-state index contributed by atoms with van der Waals surface area (Å²) in [7, 11) is 1.99. The molecule has 1 aromatic carbocycles. The molecule has 0 aromatic heterocycles. The maximum atomic E-state index is 10.7. The number of ether oxygens (including phenoxy) is 1. The minimum Gasteiger partial charge on any atom is -0.490 e. The molecule has 1 aromatic rings. The van der Waals surface area contributed by atoms with E-state index < -0.39 is 12.0 Å². The van der Waals surface area contributed by atoms with Gasteiger partial charge in [-0.3, -0.25) is 4.79 Å². The van der Waals surface area contributed by atoms with Gasteiger partial charge in [-0.2, -0.15) is 0 Å². The van der Waals surface area contributed by atoms with Gasteiger partial charge in [0.05, 0.1) is 12.2 Å². The number of nitrogens with two attached hydrogens (primary N) is 1. The fourth-order valence-corrected chi connectivity index (χ4v) is 1.86. The van der Waals surface area contributed by atoms with Crippen LogP contribution in [-0.4, -0.2) is 37.3 Å². The lowest BCUT2D eigenvalue weighted by atomic mass is 10.0. The van der Waals surface area contributed by atoms with E-state index in [1.165, 1.54) is 0 Å². The number of aliphatic carboxylic acids is 1. The predicted molar refractivity (Wildman–Crippen MR) is 64.5 cm³/mol. The van der Waals surface area contributed by atoms with Crippen LogP contribution in [0.25, 0.3) is 0 Å². The topological polar surface area (TPSA) is 75.8 Å². The Morgan fingerprint density at radius 3 is 3.12 bits per heavy atom. The highest BCUT2D eigenvalue weighted by Crippen LogP contribution is 2.31. The Hall–Kier alpha value is -1.75. The summed E-state index contributed by atoms with van der Waals surface area (Å²) in [4.78, 5) is 12.8. The van der Waals surface area contributed by atoms with Crippen molar-refractivity contribution in [1.29, 1.82) is 0 Å². The molecule has 92 valence electrons. The molecule has 1 aliphatic heterocycles. The van der Waals surface area contributed by atoms with Crippen LogP contribution in [0.15, 0.2) is 18.2 Å². The van der Waals surface area contributed by atoms with E-state index in [1.54, 1.807) is 0 Å². The fourth-order valence-electron chi connectivity index (χ4n) is 1.86. The van der Waals surface area contributed by atoms with Gasteiger partial charge in [0.15, 0.2) is 0 Å². The van der Waals surface area contributed by atoms with Gasteiger partial charge in [0, 0.05) is 7.05 Å². The van der Waals surface area contributed by atoms with E-state index >= 15 is 0 Å². The summed E-state index contributed by atoms with van der Waals surface area (Å²) in [5, 5.41) is 8.77. The number of nitrogens with zero attached hydrogens (tertiary/aromatic N) is 1. The smallest absolute Gasteiger partial charge is 0.320 e. The number of hydrogen-bond acceptors (Lipinski definition) is 4. The lowest BCUT2D eigenvalue weighted by Gasteiger charge is -2.28. The van der Waals surface area contributed by atoms with Crippen LogP contribution in [-0.2, 0) is 11.2 Å². The molecule has 0 bridgehead atoms. The normalized spacial score (nSPS) is 16.0. The van der Waals surface area contributed by atoms with Gasteiger partial charge in [0.1, 0.15) is 18.4 Å². The van der Waals surface area contributed by atoms with Gasteiger partial charge in [-0.15, -0.1) is 0 Å². The first-order valence-electron chi connectivity index (χ1n) is 5.53. The van der Waals surface area contributed by atoms with Crippen molar-refractivity contribution in [3.05, 3.63) is 23.8 Å². The molecule has 0 saturated carbocycles. The predicted octanol–water partition coefficient (Wildman–Crippen LogP) is 0.470. The van der Waals surface area contributed by atoms with E-state index in [-0.39, 0.29) is 0 Å². The zero-order valence-electron chi connectivity index (χ0n) is 9.72. The van der Waals surface area contributed by atoms with Gasteiger partial charge in [-0.1, -0.05) is 6.07 Å². The van der Waals surface area contributed by atoms with Crippen molar-refractivity contribution in [2.45, 2.75) is 12.5 Å². The molecule has 0 spiro atoms. The molecule has 0 aliphatic carbocycles. The van der Waals surface area contributed by atoms with E-state index in [0.717, 1.165) is 23.5 Å². The Kier molecular flexibility index (Phi) is 3.19. The van der Waals surface area contributed by atoms with Gasteiger partial charge in [0.25, 0.3) is 0 Å². The highest BCUT2D eigenvalue weighted by molar-refractivity contribution is 5.73. The maximum Gasteiger partial charge on any atom is 0.320 e. The van der Waals surface area contributed by atoms with Crippen LogP contribution in [0.5, 0.6) is 5.75 Å². The standard InChI is InChI=1S/C12H16N2O3/c1-14-4-5-17-11-3-2-8(7-10(11)14)6-9(13)12(15)16/h2-3,7,9H,4-6,13H2,1H3,(H,15,16). The molecule has 0 radical (unpaired) electrons. The molecule has 0 saturated heterocycles. The van der Waals surface area contributed by atoms with E-state index in [4.69, 9.17) is 15.6 Å². The monoisotopic (exact) mass is 236 g/mol. The van der Waals surface area contributed by atoms with Crippen LogP contribution in [0.1, 0.15) is 5.56 Å². The Balaban J connectivity index is 2.20. The molecule has 1 aliphatic rings. The minimum atomic E-state index is -0.979. The molecular weight excluding hydrogens is 220 g/mol. The van der Waals surface area contributed by atoms with Crippen LogP contribution in [0.4, 0.5) is 5.69 Å². The molecule has 1 unspecified atom stereocenters. The third-order valence-electron chi connectivity index (χ3n) is 2.89. The molecule has 0 amide bonds. The lowest BCUT2D eigenvalue weighted by molar-refractivity contribution is -0.138. The first kappa shape index (κ1) is 11.7. The van der Waals surface area contributed by atoms with E-state index in [2.05, 4.69) is 4.90 Å². The summed E-state index contributed by atoms with van der Waals surface area (Å²) in [5.41, 5.74) is 7.42. The number of rotatable bonds is 3. The molecule has 5 heteroatoms. The van der Waals surface area contributed by atoms with Crippen LogP contribution >= 0.6 is 0 Å². The van der Waals surface area contributed by atoms with Crippen molar-refractivity contribution in [3.63, 3.8) is 0 Å². The number of likely N-dealkylation sites (N-methyl/N-ethyl adjacent to an activating group) is 1. The molecule has 1 heterocycles. The van der Waals surface area contributed by atoms with Gasteiger partial charge >= 0.3 is 5.97 Å².